The van der Waals surface area contributed by atoms with E-state index in [1.807, 2.05) is 0 Å². The first-order chi connectivity index (χ1) is 10.1. The summed E-state index contributed by atoms with van der Waals surface area (Å²) in [6.07, 6.45) is -0.820. The van der Waals surface area contributed by atoms with E-state index in [0.717, 1.165) is 0 Å². The van der Waals surface area contributed by atoms with Crippen LogP contribution in [0.1, 0.15) is 26.7 Å². The Labute approximate surface area is 126 Å². The predicted molar refractivity (Wildman–Crippen MR) is 70.3 cm³/mol. The summed E-state index contributed by atoms with van der Waals surface area (Å²) in [5, 5.41) is 33.0. The van der Waals surface area contributed by atoms with Gasteiger partial charge in [0.15, 0.2) is 6.10 Å². The molecule has 0 aromatic heterocycles. The molecule has 6 atom stereocenters. The van der Waals surface area contributed by atoms with Gasteiger partial charge in [0, 0.05) is 6.42 Å². The number of carbonyl (C=O) groups is 2. The summed E-state index contributed by atoms with van der Waals surface area (Å²) in [7, 11) is 0. The van der Waals surface area contributed by atoms with Crippen LogP contribution in [0, 0.1) is 10.8 Å². The highest BCUT2D eigenvalue weighted by Gasteiger charge is 2.84. The summed E-state index contributed by atoms with van der Waals surface area (Å²) in [6, 6.07) is 0. The molecule has 2 saturated heterocycles. The van der Waals surface area contributed by atoms with Gasteiger partial charge in [-0.1, -0.05) is 11.6 Å². The van der Waals surface area contributed by atoms with Crippen molar-refractivity contribution in [2.75, 3.05) is 6.61 Å². The van der Waals surface area contributed by atoms with Crippen molar-refractivity contribution < 1.29 is 34.4 Å². The van der Waals surface area contributed by atoms with Crippen LogP contribution in [-0.2, 0) is 19.1 Å². The molecule has 7 heteroatoms. The molecule has 7 nitrogen and oxygen atoms in total. The molecule has 1 spiro atoms. The molecule has 2 unspecified atom stereocenters. The van der Waals surface area contributed by atoms with Crippen LogP contribution in [0.4, 0.5) is 0 Å². The number of cyclic esters (lactones) is 1. The van der Waals surface area contributed by atoms with Crippen molar-refractivity contribution in [3.8, 4) is 0 Å². The first-order valence-electron chi connectivity index (χ1n) is 7.33. The SMILES string of the molecule is CC1=CC[C@@]2(O)C13CC(OC(=O)[C@@H]3O)[C@@]1(O)C(=O)OC[C@@]21C. The molecule has 3 fully saturated rings. The molecule has 1 saturated carbocycles. The molecule has 4 aliphatic rings. The second-order valence-electron chi connectivity index (χ2n) is 7.13. The fourth-order valence-electron chi connectivity index (χ4n) is 5.14. The van der Waals surface area contributed by atoms with Crippen molar-refractivity contribution in [2.45, 2.75) is 50.1 Å². The lowest BCUT2D eigenvalue weighted by Crippen LogP contribution is -2.80. The van der Waals surface area contributed by atoms with Gasteiger partial charge >= 0.3 is 11.9 Å². The Morgan fingerprint density at radius 3 is 2.68 bits per heavy atom. The van der Waals surface area contributed by atoms with Crippen molar-refractivity contribution in [3.05, 3.63) is 11.6 Å². The molecule has 2 heterocycles. The lowest BCUT2D eigenvalue weighted by molar-refractivity contribution is -0.308. The largest absolute Gasteiger partial charge is 0.463 e. The summed E-state index contributed by atoms with van der Waals surface area (Å²) in [6.45, 7) is 3.10. The van der Waals surface area contributed by atoms with E-state index < -0.39 is 46.2 Å². The van der Waals surface area contributed by atoms with Gasteiger partial charge in [0.25, 0.3) is 0 Å². The van der Waals surface area contributed by atoms with E-state index in [0.29, 0.717) is 5.57 Å². The average Bonchev–Trinajstić information content (AvgIpc) is 2.87. The number of hydrogen-bond acceptors (Lipinski definition) is 7. The number of aliphatic hydroxyl groups is 3. The molecule has 2 bridgehead atoms. The second-order valence-corrected chi connectivity index (χ2v) is 7.13. The number of aliphatic hydroxyl groups excluding tert-OH is 1. The summed E-state index contributed by atoms with van der Waals surface area (Å²) in [5.74, 6) is -1.82. The summed E-state index contributed by atoms with van der Waals surface area (Å²) < 4.78 is 10.2. The van der Waals surface area contributed by atoms with Crippen molar-refractivity contribution >= 4 is 11.9 Å². The fourth-order valence-corrected chi connectivity index (χ4v) is 5.14. The van der Waals surface area contributed by atoms with Crippen LogP contribution in [0.3, 0.4) is 0 Å². The highest BCUT2D eigenvalue weighted by atomic mass is 16.6. The van der Waals surface area contributed by atoms with E-state index in [-0.39, 0.29) is 19.4 Å². The minimum absolute atomic E-state index is 0.0140. The van der Waals surface area contributed by atoms with Gasteiger partial charge in [0.2, 0.25) is 5.60 Å². The van der Waals surface area contributed by atoms with Crippen LogP contribution in [0.15, 0.2) is 11.6 Å². The molecule has 22 heavy (non-hydrogen) atoms. The van der Waals surface area contributed by atoms with E-state index in [2.05, 4.69) is 0 Å². The summed E-state index contributed by atoms with van der Waals surface area (Å²) in [4.78, 5) is 24.3. The van der Waals surface area contributed by atoms with E-state index in [9.17, 15) is 24.9 Å². The number of ether oxygens (including phenoxy) is 2. The molecule has 0 aromatic rings. The van der Waals surface area contributed by atoms with Crippen LogP contribution in [0.5, 0.6) is 0 Å². The lowest BCUT2D eigenvalue weighted by atomic mass is 9.44. The zero-order valence-electron chi connectivity index (χ0n) is 12.3. The highest BCUT2D eigenvalue weighted by molar-refractivity contribution is 5.88. The maximum absolute atomic E-state index is 12.2. The topological polar surface area (TPSA) is 113 Å². The minimum atomic E-state index is -2.11. The van der Waals surface area contributed by atoms with Crippen LogP contribution < -0.4 is 0 Å². The van der Waals surface area contributed by atoms with Crippen LogP contribution in [0.2, 0.25) is 0 Å². The second kappa shape index (κ2) is 3.55. The fraction of sp³-hybridized carbons (Fsp3) is 0.733. The average molecular weight is 310 g/mol. The summed E-state index contributed by atoms with van der Waals surface area (Å²) >= 11 is 0. The molecule has 4 rings (SSSR count). The highest BCUT2D eigenvalue weighted by Crippen LogP contribution is 2.70. The molecular formula is C15H18O7. The van der Waals surface area contributed by atoms with Gasteiger partial charge in [-0.3, -0.25) is 0 Å². The molecule has 0 amide bonds. The smallest absolute Gasteiger partial charge is 0.342 e. The van der Waals surface area contributed by atoms with Crippen molar-refractivity contribution in [1.82, 2.24) is 0 Å². The standard InChI is InChI=1S/C15H18O7/c1-7-3-4-14(19)12(2)6-21-11(18)15(12,20)8-5-13(7,14)9(16)10(17)22-8/h3,8-9,16,19-20H,4-6H2,1-2H3/t8?,9-,12-,13?,14-,15+/m0/s1. The molecule has 3 N–H and O–H groups in total. The Kier molecular flexibility index (Phi) is 2.29. The third-order valence-corrected chi connectivity index (χ3v) is 6.62. The Hall–Kier alpha value is -1.44. The van der Waals surface area contributed by atoms with Crippen molar-refractivity contribution in [1.29, 1.82) is 0 Å². The predicted octanol–water partition coefficient (Wildman–Crippen LogP) is -0.962. The Morgan fingerprint density at radius 1 is 1.32 bits per heavy atom. The van der Waals surface area contributed by atoms with Crippen LogP contribution in [0.25, 0.3) is 0 Å². The molecule has 120 valence electrons. The zero-order chi connectivity index (χ0) is 16.1. The van der Waals surface area contributed by atoms with E-state index in [1.165, 1.54) is 0 Å². The number of carbonyl (C=O) groups excluding carboxylic acids is 2. The van der Waals surface area contributed by atoms with Crippen LogP contribution in [-0.4, -0.2) is 57.3 Å². The van der Waals surface area contributed by atoms with Crippen molar-refractivity contribution in [3.63, 3.8) is 0 Å². The van der Waals surface area contributed by atoms with Gasteiger partial charge in [0.05, 0.1) is 16.4 Å². The number of fused-ring (bicyclic) bond motifs is 4. The van der Waals surface area contributed by atoms with E-state index in [4.69, 9.17) is 9.47 Å². The number of hydrogen-bond donors (Lipinski definition) is 3. The molecule has 2 aliphatic heterocycles. The maximum atomic E-state index is 12.2. The Morgan fingerprint density at radius 2 is 2.00 bits per heavy atom. The van der Waals surface area contributed by atoms with Gasteiger partial charge < -0.3 is 24.8 Å². The maximum Gasteiger partial charge on any atom is 0.342 e. The minimum Gasteiger partial charge on any atom is -0.463 e. The number of rotatable bonds is 0. The summed E-state index contributed by atoms with van der Waals surface area (Å²) in [5.41, 5.74) is -5.75. The molecule has 0 radical (unpaired) electrons. The van der Waals surface area contributed by atoms with E-state index in [1.54, 1.807) is 19.9 Å². The van der Waals surface area contributed by atoms with E-state index >= 15 is 0 Å². The quantitative estimate of drug-likeness (QED) is 0.390. The van der Waals surface area contributed by atoms with Gasteiger partial charge in [-0.25, -0.2) is 9.59 Å². The van der Waals surface area contributed by atoms with Gasteiger partial charge in [-0.05, 0) is 20.3 Å². The van der Waals surface area contributed by atoms with Gasteiger partial charge in [-0.2, -0.15) is 0 Å². The Bertz CT molecular complexity index is 642. The monoisotopic (exact) mass is 310 g/mol. The third-order valence-electron chi connectivity index (χ3n) is 6.62. The Balaban J connectivity index is 2.03. The first kappa shape index (κ1) is 14.2. The van der Waals surface area contributed by atoms with Crippen LogP contribution >= 0.6 is 0 Å². The van der Waals surface area contributed by atoms with Crippen molar-refractivity contribution in [2.24, 2.45) is 10.8 Å². The third kappa shape index (κ3) is 1.03. The normalized spacial score (nSPS) is 56.0. The molecule has 0 aromatic carbocycles. The lowest BCUT2D eigenvalue weighted by Gasteiger charge is -2.64. The zero-order valence-corrected chi connectivity index (χ0v) is 12.3. The molecular weight excluding hydrogens is 292 g/mol. The van der Waals surface area contributed by atoms with Gasteiger partial charge in [0.1, 0.15) is 12.7 Å². The first-order valence-corrected chi connectivity index (χ1v) is 7.33. The number of esters is 2. The molecule has 2 aliphatic carbocycles. The van der Waals surface area contributed by atoms with Gasteiger partial charge in [-0.15, -0.1) is 0 Å².